The fourth-order valence-electron chi connectivity index (χ4n) is 0.803. The fourth-order valence-corrected chi connectivity index (χ4v) is 1.14. The van der Waals surface area contributed by atoms with Crippen LogP contribution in [0.25, 0.3) is 5.57 Å². The van der Waals surface area contributed by atoms with E-state index in [1.807, 2.05) is 0 Å². The molecular formula is C9H9BrN2O. The molecule has 68 valence electrons. The third kappa shape index (κ3) is 2.59. The summed E-state index contributed by atoms with van der Waals surface area (Å²) in [4.78, 5) is 0. The van der Waals surface area contributed by atoms with Crippen LogP contribution in [0, 0.1) is 0 Å². The van der Waals surface area contributed by atoms with E-state index < -0.39 is 0 Å². The van der Waals surface area contributed by atoms with Gasteiger partial charge in [-0.05, 0) is 15.9 Å². The Labute approximate surface area is 84.7 Å². The summed E-state index contributed by atoms with van der Waals surface area (Å²) in [5.74, 6) is 0. The number of rotatable bonds is 3. The van der Waals surface area contributed by atoms with E-state index in [1.54, 1.807) is 24.3 Å². The number of hydrogen-bond donors (Lipinski definition) is 1. The standard InChI is InChI=1S/C9H9BrN2O/c1-2-3-4-7(9(10)11)8-5-6-13-12-8/h2-6H,1,11H2/b4-3-,9-7+. The number of allylic oxidation sites excluding steroid dienone is 4. The Kier molecular flexibility index (Phi) is 3.52. The molecule has 1 heterocycles. The molecule has 0 amide bonds. The van der Waals surface area contributed by atoms with E-state index >= 15 is 0 Å². The predicted molar refractivity (Wildman–Crippen MR) is 55.9 cm³/mol. The van der Waals surface area contributed by atoms with E-state index in [4.69, 9.17) is 10.3 Å². The van der Waals surface area contributed by atoms with Gasteiger partial charge in [0.25, 0.3) is 0 Å². The minimum absolute atomic E-state index is 0.513. The molecule has 0 fully saturated rings. The topological polar surface area (TPSA) is 52.0 Å². The maximum absolute atomic E-state index is 5.60. The summed E-state index contributed by atoms with van der Waals surface area (Å²) < 4.78 is 5.22. The monoisotopic (exact) mass is 240 g/mol. The first-order valence-electron chi connectivity index (χ1n) is 3.61. The highest BCUT2D eigenvalue weighted by Gasteiger charge is 2.04. The maximum atomic E-state index is 5.60. The van der Waals surface area contributed by atoms with Gasteiger partial charge in [-0.1, -0.05) is 30.0 Å². The van der Waals surface area contributed by atoms with Crippen molar-refractivity contribution in [1.29, 1.82) is 0 Å². The van der Waals surface area contributed by atoms with Gasteiger partial charge in [-0.25, -0.2) is 0 Å². The van der Waals surface area contributed by atoms with Crippen LogP contribution < -0.4 is 5.73 Å². The van der Waals surface area contributed by atoms with Crippen LogP contribution in [-0.4, -0.2) is 5.16 Å². The van der Waals surface area contributed by atoms with Crippen molar-refractivity contribution in [3.63, 3.8) is 0 Å². The zero-order chi connectivity index (χ0) is 9.68. The van der Waals surface area contributed by atoms with Gasteiger partial charge in [-0.2, -0.15) is 0 Å². The van der Waals surface area contributed by atoms with Gasteiger partial charge in [0.2, 0.25) is 0 Å². The SMILES string of the molecule is C=C/C=C\C(=C(/N)Br)c1ccon1. The third-order valence-electron chi connectivity index (χ3n) is 1.37. The molecule has 0 aliphatic heterocycles. The molecule has 0 saturated carbocycles. The van der Waals surface area contributed by atoms with Gasteiger partial charge < -0.3 is 10.3 Å². The van der Waals surface area contributed by atoms with Gasteiger partial charge in [-0.15, -0.1) is 0 Å². The predicted octanol–water partition coefficient (Wildman–Crippen LogP) is 2.44. The van der Waals surface area contributed by atoms with Crippen molar-refractivity contribution in [1.82, 2.24) is 5.16 Å². The molecule has 1 aromatic heterocycles. The van der Waals surface area contributed by atoms with Crippen LogP contribution in [0.1, 0.15) is 5.69 Å². The van der Waals surface area contributed by atoms with Crippen LogP contribution in [0.2, 0.25) is 0 Å². The molecule has 0 aliphatic rings. The highest BCUT2D eigenvalue weighted by atomic mass is 79.9. The number of halogens is 1. The van der Waals surface area contributed by atoms with E-state index in [-0.39, 0.29) is 0 Å². The Balaban J connectivity index is 3.02. The summed E-state index contributed by atoms with van der Waals surface area (Å²) in [6, 6.07) is 1.73. The lowest BCUT2D eigenvalue weighted by Gasteiger charge is -1.96. The van der Waals surface area contributed by atoms with E-state index in [9.17, 15) is 0 Å². The van der Waals surface area contributed by atoms with E-state index in [1.165, 1.54) is 6.26 Å². The Morgan fingerprint density at radius 3 is 2.92 bits per heavy atom. The lowest BCUT2D eigenvalue weighted by atomic mass is 10.2. The Morgan fingerprint density at radius 1 is 1.69 bits per heavy atom. The molecule has 0 radical (unpaired) electrons. The van der Waals surface area contributed by atoms with E-state index in [2.05, 4.69) is 27.7 Å². The molecule has 13 heavy (non-hydrogen) atoms. The zero-order valence-electron chi connectivity index (χ0n) is 6.90. The lowest BCUT2D eigenvalue weighted by molar-refractivity contribution is 0.418. The van der Waals surface area contributed by atoms with Crippen molar-refractivity contribution in [3.05, 3.63) is 47.4 Å². The van der Waals surface area contributed by atoms with Gasteiger partial charge in [0, 0.05) is 11.6 Å². The van der Waals surface area contributed by atoms with Gasteiger partial charge in [-0.3, -0.25) is 0 Å². The highest BCUT2D eigenvalue weighted by molar-refractivity contribution is 9.11. The van der Waals surface area contributed by atoms with Gasteiger partial charge in [0.05, 0.1) is 4.61 Å². The molecule has 0 spiro atoms. The maximum Gasteiger partial charge on any atom is 0.124 e. The van der Waals surface area contributed by atoms with Crippen LogP contribution in [0.4, 0.5) is 0 Å². The molecule has 0 aliphatic carbocycles. The first-order chi connectivity index (χ1) is 6.25. The smallest absolute Gasteiger partial charge is 0.124 e. The normalized spacial score (nSPS) is 13.0. The van der Waals surface area contributed by atoms with Crippen LogP contribution in [-0.2, 0) is 0 Å². The Hall–Kier alpha value is -1.29. The number of nitrogens with two attached hydrogens (primary N) is 1. The van der Waals surface area contributed by atoms with Crippen molar-refractivity contribution < 1.29 is 4.52 Å². The second kappa shape index (κ2) is 4.67. The van der Waals surface area contributed by atoms with Gasteiger partial charge in [0.1, 0.15) is 12.0 Å². The van der Waals surface area contributed by atoms with E-state index in [0.717, 1.165) is 5.57 Å². The second-order valence-corrected chi connectivity index (χ2v) is 3.10. The van der Waals surface area contributed by atoms with Crippen molar-refractivity contribution in [2.75, 3.05) is 0 Å². The minimum atomic E-state index is 0.513. The summed E-state index contributed by atoms with van der Waals surface area (Å²) in [5.41, 5.74) is 7.06. The molecule has 0 saturated heterocycles. The summed E-state index contributed by atoms with van der Waals surface area (Å²) in [5, 5.41) is 3.76. The van der Waals surface area contributed by atoms with Gasteiger partial charge >= 0.3 is 0 Å². The summed E-state index contributed by atoms with van der Waals surface area (Å²) >= 11 is 3.18. The van der Waals surface area contributed by atoms with Crippen molar-refractivity contribution in [3.8, 4) is 0 Å². The first kappa shape index (κ1) is 9.80. The van der Waals surface area contributed by atoms with Crippen LogP contribution in [0.15, 0.2) is 46.3 Å². The van der Waals surface area contributed by atoms with Gasteiger partial charge in [0.15, 0.2) is 0 Å². The molecule has 1 rings (SSSR count). The number of aromatic nitrogens is 1. The molecule has 3 nitrogen and oxygen atoms in total. The average Bonchev–Trinajstić information content (AvgIpc) is 2.57. The summed E-state index contributed by atoms with van der Waals surface area (Å²) in [7, 11) is 0. The molecular weight excluding hydrogens is 232 g/mol. The quantitative estimate of drug-likeness (QED) is 0.653. The number of hydrogen-bond acceptors (Lipinski definition) is 3. The summed E-state index contributed by atoms with van der Waals surface area (Å²) in [6.07, 6.45) is 6.73. The number of nitrogens with zero attached hydrogens (tertiary/aromatic N) is 1. The van der Waals surface area contributed by atoms with Crippen molar-refractivity contribution in [2.24, 2.45) is 5.73 Å². The van der Waals surface area contributed by atoms with Crippen LogP contribution in [0.5, 0.6) is 0 Å². The molecule has 1 aromatic rings. The highest BCUT2D eigenvalue weighted by Crippen LogP contribution is 2.19. The first-order valence-corrected chi connectivity index (χ1v) is 4.40. The Morgan fingerprint density at radius 2 is 2.46 bits per heavy atom. The largest absolute Gasteiger partial charge is 0.393 e. The fraction of sp³-hybridized carbons (Fsp3) is 0. The molecule has 0 aromatic carbocycles. The molecule has 4 heteroatoms. The minimum Gasteiger partial charge on any atom is -0.393 e. The second-order valence-electron chi connectivity index (χ2n) is 2.24. The van der Waals surface area contributed by atoms with E-state index in [0.29, 0.717) is 10.3 Å². The van der Waals surface area contributed by atoms with Crippen molar-refractivity contribution in [2.45, 2.75) is 0 Å². The molecule has 0 bridgehead atoms. The Bertz CT molecular complexity index is 335. The van der Waals surface area contributed by atoms with Crippen LogP contribution in [0.3, 0.4) is 0 Å². The summed E-state index contributed by atoms with van der Waals surface area (Å²) in [6.45, 7) is 3.56. The molecule has 0 atom stereocenters. The lowest BCUT2D eigenvalue weighted by Crippen LogP contribution is -1.93. The average molecular weight is 241 g/mol. The van der Waals surface area contributed by atoms with Crippen molar-refractivity contribution >= 4 is 21.5 Å². The van der Waals surface area contributed by atoms with Crippen LogP contribution >= 0.6 is 15.9 Å². The molecule has 2 N–H and O–H groups in total. The third-order valence-corrected chi connectivity index (χ3v) is 1.80. The molecule has 0 unspecified atom stereocenters. The zero-order valence-corrected chi connectivity index (χ0v) is 8.49.